The zero-order valence-electron chi connectivity index (χ0n) is 34.4. The highest BCUT2D eigenvalue weighted by Crippen LogP contribution is 2.72. The molecule has 14 nitrogen and oxygen atoms in total. The lowest BCUT2D eigenvalue weighted by Crippen LogP contribution is -2.64. The Morgan fingerprint density at radius 2 is 1.78 bits per heavy atom. The number of hydrogen-bond acceptors (Lipinski definition) is 13. The predicted molar refractivity (Wildman–Crippen MR) is 228 cm³/mol. The van der Waals surface area contributed by atoms with Crippen molar-refractivity contribution in [2.24, 2.45) is 16.2 Å². The first kappa shape index (κ1) is 39.9. The van der Waals surface area contributed by atoms with Gasteiger partial charge in [0.25, 0.3) is 0 Å². The highest BCUT2D eigenvalue weighted by molar-refractivity contribution is 7.22. The van der Waals surface area contributed by atoms with Crippen molar-refractivity contribution in [2.75, 3.05) is 43.1 Å². The number of carboxylic acid groups (broad SMARTS) is 1. The maximum absolute atomic E-state index is 12.9. The monoisotopic (exact) mass is 821 g/mol. The third-order valence-electron chi connectivity index (χ3n) is 13.3. The molecule has 3 atom stereocenters. The van der Waals surface area contributed by atoms with Gasteiger partial charge < -0.3 is 35.6 Å². The van der Waals surface area contributed by atoms with Crippen LogP contribution in [0.5, 0.6) is 0 Å². The number of aromatic carboxylic acids is 1. The van der Waals surface area contributed by atoms with E-state index >= 15 is 0 Å². The van der Waals surface area contributed by atoms with Gasteiger partial charge in [0.1, 0.15) is 5.82 Å². The molecule has 0 amide bonds. The SMILES string of the molecule is Cc1c(Nc2nc3ccccc3s2)nnc2c1CCCN2c1ccc(-c2cnn(CC34CC5(C)CC(C)(C3)CC(OCCNCCC(O)CO)(C5)C4)c2C)c(C(=O)O)n1. The molecular weight excluding hydrogens is 767 g/mol. The molecule has 0 saturated heterocycles. The van der Waals surface area contributed by atoms with Gasteiger partial charge in [0.15, 0.2) is 22.5 Å². The summed E-state index contributed by atoms with van der Waals surface area (Å²) in [5.41, 5.74) is 5.36. The molecule has 312 valence electrons. The predicted octanol–water partition coefficient (Wildman–Crippen LogP) is 6.96. The number of aromatic nitrogens is 6. The van der Waals surface area contributed by atoms with Gasteiger partial charge >= 0.3 is 5.97 Å². The normalized spacial score (nSPS) is 26.4. The standard InChI is InChI=1S/C44H55N9O5S/c1-27-30-8-7-16-52(38(30)51-50-37(27)49-40-47-33-9-5-6-10-34(33)59-40)35-12-11-31(36(48-35)39(56)57)32-18-46-53(28(32)2)26-43-21-41(3)20-42(4,22-43)24-44(23-41,25-43)58-17-15-45-14-13-29(55)19-54/h5-6,9-12,18,29,45,54-55H,7-8,13-17,19-26H2,1-4H3,(H,56,57)(H,47,49,50). The molecule has 5 heterocycles. The number of fused-ring (bicyclic) bond motifs is 2. The Bertz CT molecular complexity index is 2350. The van der Waals surface area contributed by atoms with Crippen LogP contribution < -0.4 is 15.5 Å². The van der Waals surface area contributed by atoms with Crippen molar-refractivity contribution in [1.29, 1.82) is 0 Å². The first-order valence-corrected chi connectivity index (χ1v) is 21.8. The molecule has 10 rings (SSSR count). The minimum Gasteiger partial charge on any atom is -0.476 e. The van der Waals surface area contributed by atoms with E-state index in [2.05, 4.69) is 39.4 Å². The maximum atomic E-state index is 12.9. The van der Waals surface area contributed by atoms with E-state index in [0.29, 0.717) is 55.7 Å². The molecule has 4 fully saturated rings. The number of benzene rings is 1. The van der Waals surface area contributed by atoms with Crippen LogP contribution in [0.2, 0.25) is 0 Å². The molecule has 3 unspecified atom stereocenters. The van der Waals surface area contributed by atoms with E-state index in [1.165, 1.54) is 6.42 Å². The van der Waals surface area contributed by atoms with Crippen LogP contribution in [0, 0.1) is 30.1 Å². The number of carbonyl (C=O) groups is 1. The maximum Gasteiger partial charge on any atom is 0.355 e. The summed E-state index contributed by atoms with van der Waals surface area (Å²) < 4.78 is 10.0. The molecule has 4 aromatic heterocycles. The molecular formula is C44H55N9O5S. The lowest BCUT2D eigenvalue weighted by Gasteiger charge is -2.69. The van der Waals surface area contributed by atoms with Crippen molar-refractivity contribution in [3.8, 4) is 11.1 Å². The molecule has 5 N–H and O–H groups in total. The average molecular weight is 822 g/mol. The topological polar surface area (TPSA) is 184 Å². The summed E-state index contributed by atoms with van der Waals surface area (Å²) in [5, 5.41) is 51.0. The van der Waals surface area contributed by atoms with E-state index in [0.717, 1.165) is 89.2 Å². The second-order valence-corrected chi connectivity index (χ2v) is 19.6. The summed E-state index contributed by atoms with van der Waals surface area (Å²) in [6.45, 7) is 12.0. The number of ether oxygens (including phenoxy) is 1. The summed E-state index contributed by atoms with van der Waals surface area (Å²) >= 11 is 1.57. The fourth-order valence-corrected chi connectivity index (χ4v) is 13.0. The second-order valence-electron chi connectivity index (χ2n) is 18.6. The molecule has 1 aromatic carbocycles. The molecule has 4 aliphatic carbocycles. The Hall–Kier alpha value is -4.54. The fraction of sp³-hybridized carbons (Fsp3) is 0.545. The van der Waals surface area contributed by atoms with Crippen LogP contribution in [0.1, 0.15) is 92.5 Å². The minimum absolute atomic E-state index is 0.00724. The number of rotatable bonds is 15. The number of thiazole rings is 1. The van der Waals surface area contributed by atoms with Gasteiger partial charge in [-0.25, -0.2) is 14.8 Å². The number of nitrogens with one attached hydrogen (secondary N) is 2. The van der Waals surface area contributed by atoms with Gasteiger partial charge in [-0.05, 0) is 119 Å². The molecule has 59 heavy (non-hydrogen) atoms. The van der Waals surface area contributed by atoms with Gasteiger partial charge in [-0.2, -0.15) is 5.10 Å². The van der Waals surface area contributed by atoms with E-state index in [1.54, 1.807) is 17.5 Å². The van der Waals surface area contributed by atoms with E-state index in [4.69, 9.17) is 24.9 Å². The number of nitrogens with zero attached hydrogens (tertiary/aromatic N) is 7. The Morgan fingerprint density at radius 1 is 0.983 bits per heavy atom. The highest BCUT2D eigenvalue weighted by atomic mass is 32.1. The highest BCUT2D eigenvalue weighted by Gasteiger charge is 2.66. The van der Waals surface area contributed by atoms with Gasteiger partial charge in [0.05, 0.1) is 41.3 Å². The smallest absolute Gasteiger partial charge is 0.355 e. The van der Waals surface area contributed by atoms with Crippen LogP contribution in [0.25, 0.3) is 21.3 Å². The van der Waals surface area contributed by atoms with E-state index in [1.807, 2.05) is 55.1 Å². The van der Waals surface area contributed by atoms with Crippen LogP contribution >= 0.6 is 11.3 Å². The molecule has 15 heteroatoms. The molecule has 1 aliphatic heterocycles. The van der Waals surface area contributed by atoms with Crippen LogP contribution in [0.3, 0.4) is 0 Å². The largest absolute Gasteiger partial charge is 0.476 e. The third-order valence-corrected chi connectivity index (χ3v) is 14.3. The third kappa shape index (κ3) is 7.60. The number of pyridine rings is 1. The van der Waals surface area contributed by atoms with Gasteiger partial charge in [0.2, 0.25) is 0 Å². The Kier molecular flexibility index (Phi) is 10.3. The lowest BCUT2D eigenvalue weighted by molar-refractivity contribution is -0.247. The fourth-order valence-electron chi connectivity index (χ4n) is 12.1. The Morgan fingerprint density at radius 3 is 2.54 bits per heavy atom. The van der Waals surface area contributed by atoms with Crippen molar-refractivity contribution in [2.45, 2.75) is 104 Å². The Balaban J connectivity index is 0.940. The van der Waals surface area contributed by atoms with Crippen LogP contribution in [0.15, 0.2) is 42.6 Å². The van der Waals surface area contributed by atoms with E-state index in [9.17, 15) is 15.0 Å². The molecule has 4 bridgehead atoms. The number of aliphatic hydroxyl groups is 2. The first-order valence-electron chi connectivity index (χ1n) is 21.0. The van der Waals surface area contributed by atoms with Crippen LogP contribution in [0.4, 0.5) is 22.6 Å². The zero-order valence-corrected chi connectivity index (χ0v) is 35.2. The van der Waals surface area contributed by atoms with Crippen molar-refractivity contribution < 1.29 is 24.9 Å². The number of hydrogen-bond donors (Lipinski definition) is 5. The molecule has 0 radical (unpaired) electrons. The van der Waals surface area contributed by atoms with Crippen LogP contribution in [-0.4, -0.2) is 95.8 Å². The quantitative estimate of drug-likeness (QED) is 0.0685. The van der Waals surface area contributed by atoms with Gasteiger partial charge in [-0.1, -0.05) is 37.3 Å². The summed E-state index contributed by atoms with van der Waals surface area (Å²) in [6, 6.07) is 11.8. The number of para-hydroxylation sites is 1. The van der Waals surface area contributed by atoms with E-state index in [-0.39, 0.29) is 34.1 Å². The van der Waals surface area contributed by atoms with Gasteiger partial charge in [-0.3, -0.25) is 4.68 Å². The zero-order chi connectivity index (χ0) is 41.2. The summed E-state index contributed by atoms with van der Waals surface area (Å²) in [4.78, 5) is 24.4. The first-order chi connectivity index (χ1) is 28.3. The molecule has 4 saturated carbocycles. The van der Waals surface area contributed by atoms with Crippen molar-refractivity contribution in [1.82, 2.24) is 35.3 Å². The minimum atomic E-state index is -1.09. The summed E-state index contributed by atoms with van der Waals surface area (Å²) in [7, 11) is 0. The lowest BCUT2D eigenvalue weighted by atomic mass is 9.39. The average Bonchev–Trinajstić information content (AvgIpc) is 3.76. The van der Waals surface area contributed by atoms with Gasteiger partial charge in [0, 0.05) is 47.6 Å². The number of carboxylic acids is 1. The number of anilines is 4. The van der Waals surface area contributed by atoms with E-state index < -0.39 is 12.1 Å². The van der Waals surface area contributed by atoms with Crippen LogP contribution in [-0.2, 0) is 17.7 Å². The van der Waals surface area contributed by atoms with Crippen molar-refractivity contribution >= 4 is 50.1 Å². The van der Waals surface area contributed by atoms with Gasteiger partial charge in [-0.15, -0.1) is 10.2 Å². The van der Waals surface area contributed by atoms with Crippen molar-refractivity contribution in [3.63, 3.8) is 0 Å². The molecule has 5 aliphatic rings. The summed E-state index contributed by atoms with van der Waals surface area (Å²) in [6.07, 6.45) is 9.80. The second kappa shape index (κ2) is 15.2. The molecule has 0 spiro atoms. The number of aliphatic hydroxyl groups excluding tert-OH is 2. The molecule has 5 aromatic rings. The Labute approximate surface area is 348 Å². The van der Waals surface area contributed by atoms with Crippen molar-refractivity contribution in [3.05, 3.63) is 65.1 Å². The summed E-state index contributed by atoms with van der Waals surface area (Å²) in [5.74, 6) is 0.782.